The number of hydrogen-bond acceptors (Lipinski definition) is 2. The summed E-state index contributed by atoms with van der Waals surface area (Å²) in [4.78, 5) is 11.0. The van der Waals surface area contributed by atoms with Gasteiger partial charge in [-0.05, 0) is 44.6 Å². The molecule has 0 aromatic rings. The Labute approximate surface area is 85.9 Å². The fourth-order valence-electron chi connectivity index (χ4n) is 2.33. The van der Waals surface area contributed by atoms with Crippen LogP contribution in [0.2, 0.25) is 0 Å². The van der Waals surface area contributed by atoms with Gasteiger partial charge in [0.1, 0.15) is 5.54 Å². The predicted octanol–water partition coefficient (Wildman–Crippen LogP) is 1.88. The molecule has 3 heteroatoms. The molecule has 1 aliphatic rings. The maximum atomic E-state index is 11.0. The van der Waals surface area contributed by atoms with Crippen molar-refractivity contribution in [3.63, 3.8) is 0 Å². The molecule has 1 heterocycles. The average Bonchev–Trinajstić information content (AvgIpc) is 2.02. The van der Waals surface area contributed by atoms with Crippen molar-refractivity contribution in [2.24, 2.45) is 11.8 Å². The smallest absolute Gasteiger partial charge is 0.323 e. The molecule has 2 N–H and O–H groups in total. The highest BCUT2D eigenvalue weighted by molar-refractivity contribution is 5.78. The SMILES string of the molecule is CC(C)CC1CCNC(C)(C(=O)O)C1. The van der Waals surface area contributed by atoms with Crippen LogP contribution in [0.1, 0.15) is 40.0 Å². The second-order valence-electron chi connectivity index (χ2n) is 5.05. The summed E-state index contributed by atoms with van der Waals surface area (Å²) in [6, 6.07) is 0. The lowest BCUT2D eigenvalue weighted by molar-refractivity contribution is -0.145. The Morgan fingerprint density at radius 2 is 2.29 bits per heavy atom. The van der Waals surface area contributed by atoms with E-state index in [4.69, 9.17) is 5.11 Å². The van der Waals surface area contributed by atoms with Crippen LogP contribution in [0.3, 0.4) is 0 Å². The van der Waals surface area contributed by atoms with E-state index < -0.39 is 11.5 Å². The molecular weight excluding hydrogens is 178 g/mol. The van der Waals surface area contributed by atoms with Gasteiger partial charge in [-0.1, -0.05) is 13.8 Å². The van der Waals surface area contributed by atoms with Crippen LogP contribution in [-0.4, -0.2) is 23.2 Å². The lowest BCUT2D eigenvalue weighted by Crippen LogP contribution is -2.54. The van der Waals surface area contributed by atoms with Gasteiger partial charge in [0, 0.05) is 0 Å². The molecule has 1 saturated heterocycles. The van der Waals surface area contributed by atoms with E-state index in [9.17, 15) is 4.79 Å². The van der Waals surface area contributed by atoms with Crippen LogP contribution in [0.4, 0.5) is 0 Å². The quantitative estimate of drug-likeness (QED) is 0.729. The molecular formula is C11H21NO2. The Kier molecular flexibility index (Phi) is 3.53. The molecule has 0 aromatic heterocycles. The average molecular weight is 199 g/mol. The maximum Gasteiger partial charge on any atom is 0.323 e. The Morgan fingerprint density at radius 3 is 2.79 bits per heavy atom. The number of carbonyl (C=O) groups is 1. The zero-order valence-corrected chi connectivity index (χ0v) is 9.34. The van der Waals surface area contributed by atoms with Crippen molar-refractivity contribution in [1.82, 2.24) is 5.32 Å². The number of piperidine rings is 1. The molecule has 0 saturated carbocycles. The van der Waals surface area contributed by atoms with Gasteiger partial charge in [-0.2, -0.15) is 0 Å². The van der Waals surface area contributed by atoms with E-state index in [-0.39, 0.29) is 0 Å². The van der Waals surface area contributed by atoms with Gasteiger partial charge in [0.2, 0.25) is 0 Å². The van der Waals surface area contributed by atoms with E-state index in [0.717, 1.165) is 25.8 Å². The van der Waals surface area contributed by atoms with Crippen LogP contribution < -0.4 is 5.32 Å². The molecule has 3 nitrogen and oxygen atoms in total. The predicted molar refractivity (Wildman–Crippen MR) is 56.2 cm³/mol. The largest absolute Gasteiger partial charge is 0.480 e. The summed E-state index contributed by atoms with van der Waals surface area (Å²) in [7, 11) is 0. The first-order valence-electron chi connectivity index (χ1n) is 5.42. The molecule has 14 heavy (non-hydrogen) atoms. The van der Waals surface area contributed by atoms with E-state index in [0.29, 0.717) is 11.8 Å². The van der Waals surface area contributed by atoms with Crippen LogP contribution in [-0.2, 0) is 4.79 Å². The molecule has 2 unspecified atom stereocenters. The van der Waals surface area contributed by atoms with Crippen molar-refractivity contribution in [2.45, 2.75) is 45.6 Å². The summed E-state index contributed by atoms with van der Waals surface area (Å²) in [6.07, 6.45) is 3.02. The van der Waals surface area contributed by atoms with Gasteiger partial charge in [0.05, 0.1) is 0 Å². The minimum Gasteiger partial charge on any atom is -0.480 e. The third kappa shape index (κ3) is 2.71. The van der Waals surface area contributed by atoms with Gasteiger partial charge in [-0.25, -0.2) is 0 Å². The highest BCUT2D eigenvalue weighted by Crippen LogP contribution is 2.29. The Hall–Kier alpha value is -0.570. The number of nitrogens with one attached hydrogen (secondary N) is 1. The third-order valence-corrected chi connectivity index (χ3v) is 3.04. The molecule has 0 radical (unpaired) electrons. The Bertz CT molecular complexity index is 215. The molecule has 82 valence electrons. The molecule has 0 aliphatic carbocycles. The molecule has 1 aliphatic heterocycles. The third-order valence-electron chi connectivity index (χ3n) is 3.04. The lowest BCUT2D eigenvalue weighted by atomic mass is 9.79. The minimum absolute atomic E-state index is 0.567. The Balaban J connectivity index is 2.55. The van der Waals surface area contributed by atoms with Crippen LogP contribution in [0.5, 0.6) is 0 Å². The zero-order chi connectivity index (χ0) is 10.8. The van der Waals surface area contributed by atoms with Gasteiger partial charge < -0.3 is 10.4 Å². The van der Waals surface area contributed by atoms with Gasteiger partial charge in [-0.15, -0.1) is 0 Å². The van der Waals surface area contributed by atoms with Crippen LogP contribution >= 0.6 is 0 Å². The van der Waals surface area contributed by atoms with Crippen LogP contribution in [0.15, 0.2) is 0 Å². The zero-order valence-electron chi connectivity index (χ0n) is 9.34. The molecule has 0 bridgehead atoms. The maximum absolute atomic E-state index is 11.0. The van der Waals surface area contributed by atoms with Crippen molar-refractivity contribution in [2.75, 3.05) is 6.54 Å². The normalized spacial score (nSPS) is 33.3. The highest BCUT2D eigenvalue weighted by Gasteiger charge is 2.38. The van der Waals surface area contributed by atoms with Gasteiger partial charge >= 0.3 is 5.97 Å². The van der Waals surface area contributed by atoms with Gasteiger partial charge in [-0.3, -0.25) is 4.79 Å². The number of aliphatic carboxylic acids is 1. The summed E-state index contributed by atoms with van der Waals surface area (Å²) >= 11 is 0. The van der Waals surface area contributed by atoms with Crippen molar-refractivity contribution in [3.05, 3.63) is 0 Å². The second kappa shape index (κ2) is 4.30. The second-order valence-corrected chi connectivity index (χ2v) is 5.05. The van der Waals surface area contributed by atoms with Crippen molar-refractivity contribution in [1.29, 1.82) is 0 Å². The molecule has 0 amide bonds. The first kappa shape index (κ1) is 11.5. The lowest BCUT2D eigenvalue weighted by Gasteiger charge is -2.36. The Morgan fingerprint density at radius 1 is 1.64 bits per heavy atom. The van der Waals surface area contributed by atoms with Crippen molar-refractivity contribution in [3.8, 4) is 0 Å². The molecule has 2 atom stereocenters. The standard InChI is InChI=1S/C11H21NO2/c1-8(2)6-9-4-5-12-11(3,7-9)10(13)14/h8-9,12H,4-7H2,1-3H3,(H,13,14). The fraction of sp³-hybridized carbons (Fsp3) is 0.909. The van der Waals surface area contributed by atoms with Gasteiger partial charge in [0.15, 0.2) is 0 Å². The molecule has 1 rings (SSSR count). The number of hydrogen-bond donors (Lipinski definition) is 2. The molecule has 1 fully saturated rings. The summed E-state index contributed by atoms with van der Waals surface area (Å²) in [5.74, 6) is 0.513. The van der Waals surface area contributed by atoms with E-state index >= 15 is 0 Å². The summed E-state index contributed by atoms with van der Waals surface area (Å²) in [5.41, 5.74) is -0.697. The molecule has 0 spiro atoms. The number of rotatable bonds is 3. The summed E-state index contributed by atoms with van der Waals surface area (Å²) < 4.78 is 0. The first-order chi connectivity index (χ1) is 6.44. The topological polar surface area (TPSA) is 49.3 Å². The first-order valence-corrected chi connectivity index (χ1v) is 5.42. The minimum atomic E-state index is -0.717. The number of carboxylic acid groups (broad SMARTS) is 1. The van der Waals surface area contributed by atoms with E-state index in [1.807, 2.05) is 0 Å². The monoisotopic (exact) mass is 199 g/mol. The summed E-state index contributed by atoms with van der Waals surface area (Å²) in [5, 5.41) is 12.2. The van der Waals surface area contributed by atoms with Crippen molar-refractivity contribution >= 4 is 5.97 Å². The molecule has 0 aromatic carbocycles. The van der Waals surface area contributed by atoms with Crippen molar-refractivity contribution < 1.29 is 9.90 Å². The number of carboxylic acids is 1. The van der Waals surface area contributed by atoms with Crippen LogP contribution in [0, 0.1) is 11.8 Å². The van der Waals surface area contributed by atoms with Crippen LogP contribution in [0.25, 0.3) is 0 Å². The van der Waals surface area contributed by atoms with Gasteiger partial charge in [0.25, 0.3) is 0 Å². The highest BCUT2D eigenvalue weighted by atomic mass is 16.4. The fourth-order valence-corrected chi connectivity index (χ4v) is 2.33. The van der Waals surface area contributed by atoms with E-state index in [1.165, 1.54) is 0 Å². The van der Waals surface area contributed by atoms with E-state index in [2.05, 4.69) is 19.2 Å². The summed E-state index contributed by atoms with van der Waals surface area (Å²) in [6.45, 7) is 7.02. The van der Waals surface area contributed by atoms with E-state index in [1.54, 1.807) is 6.92 Å².